The van der Waals surface area contributed by atoms with E-state index in [0.717, 1.165) is 16.5 Å². The molecule has 0 radical (unpaired) electrons. The molecule has 0 amide bonds. The molecular formula is C26H23F4N5O3. The van der Waals surface area contributed by atoms with Crippen LogP contribution < -0.4 is 0 Å². The Hall–Kier alpha value is -3.80. The predicted octanol–water partition coefficient (Wildman–Crippen LogP) is 4.71. The summed E-state index contributed by atoms with van der Waals surface area (Å²) in [5.74, 6) is -2.97. The molecule has 0 bridgehead atoms. The maximum Gasteiger partial charge on any atom is 0.455 e. The highest BCUT2D eigenvalue weighted by Gasteiger charge is 2.56. The van der Waals surface area contributed by atoms with Gasteiger partial charge in [0.15, 0.2) is 0 Å². The average molecular weight is 529 g/mol. The number of ether oxygens (including phenoxy) is 2. The third-order valence-electron chi connectivity index (χ3n) is 7.82. The van der Waals surface area contributed by atoms with Crippen LogP contribution in [0.1, 0.15) is 48.0 Å². The summed E-state index contributed by atoms with van der Waals surface area (Å²) in [5, 5.41) is 10.7. The van der Waals surface area contributed by atoms with Gasteiger partial charge < -0.3 is 9.47 Å². The third-order valence-corrected chi connectivity index (χ3v) is 7.82. The van der Waals surface area contributed by atoms with Crippen LogP contribution in [0, 0.1) is 11.7 Å². The first-order valence-corrected chi connectivity index (χ1v) is 12.2. The number of carbonyl (C=O) groups excluding carboxylic acids is 1. The van der Waals surface area contributed by atoms with E-state index in [-0.39, 0.29) is 23.6 Å². The van der Waals surface area contributed by atoms with Crippen molar-refractivity contribution in [2.75, 3.05) is 13.7 Å². The van der Waals surface area contributed by atoms with Gasteiger partial charge in [0, 0.05) is 23.4 Å². The van der Waals surface area contributed by atoms with Crippen molar-refractivity contribution in [2.24, 2.45) is 5.92 Å². The lowest BCUT2D eigenvalue weighted by atomic mass is 9.76. The molecule has 1 spiro atoms. The van der Waals surface area contributed by atoms with Gasteiger partial charge in [-0.25, -0.2) is 9.07 Å². The van der Waals surface area contributed by atoms with Crippen molar-refractivity contribution in [1.82, 2.24) is 25.0 Å². The van der Waals surface area contributed by atoms with Crippen molar-refractivity contribution in [3.63, 3.8) is 0 Å². The molecule has 8 nitrogen and oxygen atoms in total. The lowest BCUT2D eigenvalue weighted by Crippen LogP contribution is -2.35. The zero-order chi connectivity index (χ0) is 26.7. The van der Waals surface area contributed by atoms with Crippen molar-refractivity contribution in [3.8, 4) is 0 Å². The van der Waals surface area contributed by atoms with E-state index in [1.165, 1.54) is 30.1 Å². The normalized spacial score (nSPS) is 25.4. The fourth-order valence-corrected chi connectivity index (χ4v) is 6.28. The smallest absolute Gasteiger partial charge is 0.455 e. The summed E-state index contributed by atoms with van der Waals surface area (Å²) in [6, 6.07) is 13.3. The van der Waals surface area contributed by atoms with Crippen LogP contribution in [0.2, 0.25) is 0 Å². The van der Waals surface area contributed by atoms with Crippen molar-refractivity contribution in [2.45, 2.75) is 42.9 Å². The highest BCUT2D eigenvalue weighted by molar-refractivity contribution is 5.84. The van der Waals surface area contributed by atoms with Gasteiger partial charge in [-0.05, 0) is 59.0 Å². The maximum absolute atomic E-state index is 13.7. The Morgan fingerprint density at radius 1 is 1.16 bits per heavy atom. The first-order valence-electron chi connectivity index (χ1n) is 12.2. The van der Waals surface area contributed by atoms with Gasteiger partial charge in [0.1, 0.15) is 5.82 Å². The second-order valence-corrected chi connectivity index (χ2v) is 9.81. The van der Waals surface area contributed by atoms with E-state index in [1.54, 1.807) is 18.2 Å². The number of rotatable bonds is 4. The first kappa shape index (κ1) is 24.5. The fourth-order valence-electron chi connectivity index (χ4n) is 6.28. The number of esters is 1. The molecule has 38 heavy (non-hydrogen) atoms. The van der Waals surface area contributed by atoms with E-state index < -0.39 is 23.5 Å². The van der Waals surface area contributed by atoms with Crippen LogP contribution >= 0.6 is 0 Å². The second kappa shape index (κ2) is 8.90. The van der Waals surface area contributed by atoms with Crippen molar-refractivity contribution in [3.05, 3.63) is 77.5 Å². The highest BCUT2D eigenvalue weighted by Crippen LogP contribution is 2.57. The summed E-state index contributed by atoms with van der Waals surface area (Å²) in [7, 11) is 1.34. The number of hydrogen-bond acceptors (Lipinski definition) is 6. The van der Waals surface area contributed by atoms with Gasteiger partial charge in [0.05, 0.1) is 30.8 Å². The molecule has 1 saturated carbocycles. The Morgan fingerprint density at radius 2 is 1.95 bits per heavy atom. The number of methoxy groups -OCH3 is 1. The van der Waals surface area contributed by atoms with Crippen molar-refractivity contribution in [1.29, 1.82) is 0 Å². The summed E-state index contributed by atoms with van der Waals surface area (Å²) in [6.07, 6.45) is -1.59. The highest BCUT2D eigenvalue weighted by atomic mass is 19.4. The minimum absolute atomic E-state index is 0.183. The molecule has 2 aliphatic rings. The largest absolute Gasteiger partial charge is 0.469 e. The molecule has 2 aromatic heterocycles. The topological polar surface area (TPSA) is 84.1 Å². The molecule has 6 rings (SSSR count). The quantitative estimate of drug-likeness (QED) is 0.281. The Labute approximate surface area is 214 Å². The van der Waals surface area contributed by atoms with Crippen LogP contribution in [0.15, 0.2) is 54.7 Å². The van der Waals surface area contributed by atoms with E-state index in [0.29, 0.717) is 36.2 Å². The van der Waals surface area contributed by atoms with Crippen LogP contribution in [0.5, 0.6) is 0 Å². The van der Waals surface area contributed by atoms with Gasteiger partial charge in [0.25, 0.3) is 5.82 Å². The van der Waals surface area contributed by atoms with E-state index >= 15 is 0 Å². The molecular weight excluding hydrogens is 506 g/mol. The van der Waals surface area contributed by atoms with Crippen LogP contribution in [0.3, 0.4) is 0 Å². The minimum atomic E-state index is -4.75. The number of nitrogens with zero attached hydrogens (tertiary/aromatic N) is 5. The molecule has 4 aromatic rings. The maximum atomic E-state index is 13.7. The number of fused-ring (bicyclic) bond motifs is 1. The number of hydrogen-bond donors (Lipinski definition) is 0. The number of carbonyl (C=O) groups is 1. The molecule has 2 aromatic carbocycles. The minimum Gasteiger partial charge on any atom is -0.469 e. The number of tetrazole rings is 1. The van der Waals surface area contributed by atoms with E-state index in [2.05, 4.69) is 15.5 Å². The molecule has 198 valence electrons. The summed E-state index contributed by atoms with van der Waals surface area (Å²) in [6.45, 7) is 0.303. The van der Waals surface area contributed by atoms with Gasteiger partial charge in [-0.2, -0.15) is 13.2 Å². The summed E-state index contributed by atoms with van der Waals surface area (Å²) in [5.41, 5.74) is 1.39. The first-order chi connectivity index (χ1) is 18.2. The Bertz CT molecular complexity index is 1500. The Balaban J connectivity index is 1.41. The van der Waals surface area contributed by atoms with Gasteiger partial charge in [-0.1, -0.05) is 30.3 Å². The standard InChI is InChI=1S/C26H23F4N5O3/c1-37-23(36)20-9-11-25(21(20)15-5-7-18(27)8-6-15)13-17(14-38-25)19-4-2-3-16-10-12-34(22(16)19)35-24(26(28,29)30)31-32-33-35/h2-8,10,12,17,20-21H,9,11,13-14H2,1H3/t17?,20-,21+,25+/m0/s1. The molecule has 0 N–H and O–H groups in total. The molecule has 12 heteroatoms. The third kappa shape index (κ3) is 3.85. The SMILES string of the molecule is COC(=O)[C@H]1CC[C@@]2(CC(c3cccc4ccn(-n5nnnc5C(F)(F)F)c34)CO2)[C@@H]1c1ccc(F)cc1. The van der Waals surface area contributed by atoms with Crippen molar-refractivity contribution < 1.29 is 31.8 Å². The van der Waals surface area contributed by atoms with Crippen LogP contribution in [0.4, 0.5) is 17.6 Å². The number of para-hydroxylation sites is 1. The van der Waals surface area contributed by atoms with E-state index in [9.17, 15) is 22.4 Å². The Kier molecular flexibility index (Phi) is 5.74. The molecule has 1 aliphatic heterocycles. The van der Waals surface area contributed by atoms with Gasteiger partial charge in [-0.3, -0.25) is 4.79 Å². The number of benzene rings is 2. The lowest BCUT2D eigenvalue weighted by molar-refractivity contribution is -0.148. The zero-order valence-electron chi connectivity index (χ0n) is 20.2. The van der Waals surface area contributed by atoms with Crippen LogP contribution in [-0.2, 0) is 20.4 Å². The summed E-state index contributed by atoms with van der Waals surface area (Å²) >= 11 is 0. The van der Waals surface area contributed by atoms with Gasteiger partial charge in [0.2, 0.25) is 0 Å². The van der Waals surface area contributed by atoms with E-state index in [4.69, 9.17) is 9.47 Å². The lowest BCUT2D eigenvalue weighted by Gasteiger charge is -2.33. The van der Waals surface area contributed by atoms with Gasteiger partial charge in [-0.15, -0.1) is 9.89 Å². The molecule has 2 fully saturated rings. The average Bonchev–Trinajstić information content (AvgIpc) is 3.69. The van der Waals surface area contributed by atoms with Crippen LogP contribution in [-0.4, -0.2) is 50.3 Å². The molecule has 1 saturated heterocycles. The van der Waals surface area contributed by atoms with Gasteiger partial charge >= 0.3 is 12.1 Å². The summed E-state index contributed by atoms with van der Waals surface area (Å²) in [4.78, 5) is 13.4. The van der Waals surface area contributed by atoms with Crippen molar-refractivity contribution >= 4 is 16.9 Å². The number of halogens is 4. The van der Waals surface area contributed by atoms with Crippen LogP contribution in [0.25, 0.3) is 10.9 Å². The predicted molar refractivity (Wildman–Crippen MR) is 125 cm³/mol. The van der Waals surface area contributed by atoms with E-state index in [1.807, 2.05) is 18.2 Å². The molecule has 4 atom stereocenters. The summed E-state index contributed by atoms with van der Waals surface area (Å²) < 4.78 is 67.3. The Morgan fingerprint density at radius 3 is 2.68 bits per heavy atom. The monoisotopic (exact) mass is 529 g/mol. The molecule has 3 heterocycles. The fraction of sp³-hybridized carbons (Fsp3) is 0.385. The zero-order valence-corrected chi connectivity index (χ0v) is 20.2. The number of alkyl halides is 3. The number of aromatic nitrogens is 5. The molecule has 1 aliphatic carbocycles. The molecule has 1 unspecified atom stereocenters. The second-order valence-electron chi connectivity index (χ2n) is 9.81.